The van der Waals surface area contributed by atoms with E-state index in [-0.39, 0.29) is 17.0 Å². The average Bonchev–Trinajstić information content (AvgIpc) is 2.77. The summed E-state index contributed by atoms with van der Waals surface area (Å²) in [7, 11) is -4.04. The summed E-state index contributed by atoms with van der Waals surface area (Å²) in [6.45, 7) is 4.05. The predicted molar refractivity (Wildman–Crippen MR) is 122 cm³/mol. The van der Waals surface area contributed by atoms with Crippen molar-refractivity contribution in [2.24, 2.45) is 0 Å². The van der Waals surface area contributed by atoms with Crippen LogP contribution in [-0.4, -0.2) is 27.0 Å². The molecule has 0 spiro atoms. The molecule has 0 heterocycles. The molecule has 8 heteroatoms. The van der Waals surface area contributed by atoms with Gasteiger partial charge >= 0.3 is 0 Å². The Labute approximate surface area is 187 Å². The van der Waals surface area contributed by atoms with Crippen molar-refractivity contribution in [3.05, 3.63) is 89.7 Å². The molecule has 168 valence electrons. The van der Waals surface area contributed by atoms with Gasteiger partial charge < -0.3 is 10.1 Å². The molecule has 3 aromatic carbocycles. The number of aryl methyl sites for hydroxylation is 1. The number of carbonyl (C=O) groups is 1. The number of benzene rings is 3. The highest BCUT2D eigenvalue weighted by atomic mass is 32.2. The van der Waals surface area contributed by atoms with Crippen molar-refractivity contribution in [3.63, 3.8) is 0 Å². The number of hydrogen-bond acceptors (Lipinski definition) is 4. The number of sulfonamides is 1. The quantitative estimate of drug-likeness (QED) is 0.509. The van der Waals surface area contributed by atoms with Crippen molar-refractivity contribution in [2.45, 2.75) is 31.2 Å². The fourth-order valence-electron chi connectivity index (χ4n) is 3.18. The van der Waals surface area contributed by atoms with Crippen LogP contribution in [0.15, 0.2) is 77.7 Å². The van der Waals surface area contributed by atoms with E-state index in [9.17, 15) is 17.6 Å². The van der Waals surface area contributed by atoms with Crippen LogP contribution < -0.4 is 14.8 Å². The van der Waals surface area contributed by atoms with Gasteiger partial charge in [0, 0.05) is 0 Å². The van der Waals surface area contributed by atoms with E-state index in [1.807, 2.05) is 13.0 Å². The van der Waals surface area contributed by atoms with Gasteiger partial charge in [-0.25, -0.2) is 12.8 Å². The second kappa shape index (κ2) is 10.4. The topological polar surface area (TPSA) is 84.5 Å². The molecule has 0 aromatic heterocycles. The van der Waals surface area contributed by atoms with Gasteiger partial charge in [-0.1, -0.05) is 42.5 Å². The first-order valence-corrected chi connectivity index (χ1v) is 11.6. The van der Waals surface area contributed by atoms with Crippen LogP contribution in [0.4, 0.5) is 10.1 Å². The van der Waals surface area contributed by atoms with Gasteiger partial charge in [-0.05, 0) is 61.7 Å². The summed E-state index contributed by atoms with van der Waals surface area (Å²) in [4.78, 5) is 13.0. The molecule has 6 nitrogen and oxygen atoms in total. The Balaban J connectivity index is 1.88. The monoisotopic (exact) mass is 456 g/mol. The van der Waals surface area contributed by atoms with Crippen molar-refractivity contribution in [3.8, 4) is 5.75 Å². The molecule has 0 aliphatic carbocycles. The minimum atomic E-state index is -4.04. The second-order valence-electron chi connectivity index (χ2n) is 7.19. The van der Waals surface area contributed by atoms with E-state index in [0.717, 1.165) is 5.56 Å². The van der Waals surface area contributed by atoms with E-state index in [4.69, 9.17) is 4.74 Å². The van der Waals surface area contributed by atoms with E-state index < -0.39 is 27.8 Å². The molecular weight excluding hydrogens is 431 g/mol. The first kappa shape index (κ1) is 23.4. The molecule has 0 unspecified atom stereocenters. The smallest absolute Gasteiger partial charge is 0.242 e. The van der Waals surface area contributed by atoms with Crippen molar-refractivity contribution < 1.29 is 22.3 Å². The Hall–Kier alpha value is -3.23. The van der Waals surface area contributed by atoms with E-state index in [2.05, 4.69) is 10.0 Å². The minimum Gasteiger partial charge on any atom is -0.494 e. The van der Waals surface area contributed by atoms with Crippen LogP contribution in [0.3, 0.4) is 0 Å². The summed E-state index contributed by atoms with van der Waals surface area (Å²) in [5, 5.41) is 2.48. The summed E-state index contributed by atoms with van der Waals surface area (Å²) in [6.07, 6.45) is 0.0936. The van der Waals surface area contributed by atoms with E-state index in [1.54, 1.807) is 43.3 Å². The zero-order valence-electron chi connectivity index (χ0n) is 17.8. The van der Waals surface area contributed by atoms with Gasteiger partial charge in [-0.15, -0.1) is 0 Å². The SMILES string of the molecule is CCOc1ccc(S(=O)(=O)N[C@@H](Cc2ccccc2)C(=O)Nc2ccccc2F)cc1C. The summed E-state index contributed by atoms with van der Waals surface area (Å²) in [5.74, 6) is -0.681. The second-order valence-corrected chi connectivity index (χ2v) is 8.91. The lowest BCUT2D eigenvalue weighted by Gasteiger charge is -2.19. The third-order valence-electron chi connectivity index (χ3n) is 4.78. The van der Waals surface area contributed by atoms with E-state index in [0.29, 0.717) is 17.9 Å². The van der Waals surface area contributed by atoms with Gasteiger partial charge in [0.15, 0.2) is 0 Å². The predicted octanol–water partition coefficient (Wildman–Crippen LogP) is 4.06. The molecule has 0 aliphatic heterocycles. The zero-order chi connectivity index (χ0) is 23.1. The molecule has 0 fully saturated rings. The summed E-state index contributed by atoms with van der Waals surface area (Å²) >= 11 is 0. The molecule has 1 atom stereocenters. The number of anilines is 1. The molecule has 3 aromatic rings. The van der Waals surface area contributed by atoms with Crippen molar-refractivity contribution in [1.82, 2.24) is 4.72 Å². The molecule has 1 amide bonds. The van der Waals surface area contributed by atoms with Gasteiger partial charge in [0.05, 0.1) is 17.2 Å². The average molecular weight is 457 g/mol. The van der Waals surface area contributed by atoms with Gasteiger partial charge in [0.2, 0.25) is 15.9 Å². The van der Waals surface area contributed by atoms with Crippen LogP contribution in [0.1, 0.15) is 18.1 Å². The summed E-state index contributed by atoms with van der Waals surface area (Å²) < 4.78 is 48.1. The molecule has 0 aliphatic rings. The third-order valence-corrected chi connectivity index (χ3v) is 6.25. The number of carbonyl (C=O) groups excluding carboxylic acids is 1. The number of halogens is 1. The number of hydrogen-bond donors (Lipinski definition) is 2. The highest BCUT2D eigenvalue weighted by molar-refractivity contribution is 7.89. The molecule has 0 bridgehead atoms. The fraction of sp³-hybridized carbons (Fsp3) is 0.208. The van der Waals surface area contributed by atoms with E-state index >= 15 is 0 Å². The Morgan fingerprint density at radius 3 is 2.38 bits per heavy atom. The number of para-hydroxylation sites is 1. The Morgan fingerprint density at radius 1 is 1.03 bits per heavy atom. The Bertz CT molecular complexity index is 1180. The largest absolute Gasteiger partial charge is 0.494 e. The number of ether oxygens (including phenoxy) is 1. The van der Waals surface area contributed by atoms with Gasteiger partial charge in [-0.3, -0.25) is 4.79 Å². The van der Waals surface area contributed by atoms with Crippen molar-refractivity contribution >= 4 is 21.6 Å². The third kappa shape index (κ3) is 5.93. The first-order valence-electron chi connectivity index (χ1n) is 10.1. The van der Waals surface area contributed by atoms with Crippen LogP contribution in [0.2, 0.25) is 0 Å². The van der Waals surface area contributed by atoms with Gasteiger partial charge in [0.1, 0.15) is 17.6 Å². The van der Waals surface area contributed by atoms with Crippen molar-refractivity contribution in [2.75, 3.05) is 11.9 Å². The van der Waals surface area contributed by atoms with Crippen LogP contribution in [-0.2, 0) is 21.2 Å². The van der Waals surface area contributed by atoms with Crippen LogP contribution in [0.5, 0.6) is 5.75 Å². The molecule has 0 saturated carbocycles. The lowest BCUT2D eigenvalue weighted by molar-refractivity contribution is -0.117. The van der Waals surface area contributed by atoms with Crippen LogP contribution in [0, 0.1) is 12.7 Å². The minimum absolute atomic E-state index is 0.00945. The lowest BCUT2D eigenvalue weighted by atomic mass is 10.1. The first-order chi connectivity index (χ1) is 15.3. The zero-order valence-corrected chi connectivity index (χ0v) is 18.7. The highest BCUT2D eigenvalue weighted by Crippen LogP contribution is 2.22. The lowest BCUT2D eigenvalue weighted by Crippen LogP contribution is -2.45. The molecule has 0 radical (unpaired) electrons. The molecular formula is C24H25FN2O4S. The Kier molecular flexibility index (Phi) is 7.61. The maximum atomic E-state index is 14.0. The standard InChI is InChI=1S/C24H25FN2O4S/c1-3-31-23-14-13-19(15-17(23)2)32(29,30)27-22(16-18-9-5-4-6-10-18)24(28)26-21-12-8-7-11-20(21)25/h4-15,22,27H,3,16H2,1-2H3,(H,26,28)/t22-/m0/s1. The normalized spacial score (nSPS) is 12.2. The number of rotatable bonds is 9. The van der Waals surface area contributed by atoms with Gasteiger partial charge in [-0.2, -0.15) is 4.72 Å². The summed E-state index contributed by atoms with van der Waals surface area (Å²) in [6, 6.07) is 18.1. The van der Waals surface area contributed by atoms with Crippen molar-refractivity contribution in [1.29, 1.82) is 0 Å². The van der Waals surface area contributed by atoms with Crippen LogP contribution >= 0.6 is 0 Å². The summed E-state index contributed by atoms with van der Waals surface area (Å²) in [5.41, 5.74) is 1.39. The fourth-order valence-corrected chi connectivity index (χ4v) is 4.46. The number of amides is 1. The Morgan fingerprint density at radius 2 is 1.72 bits per heavy atom. The molecule has 3 rings (SSSR count). The number of nitrogens with one attached hydrogen (secondary N) is 2. The van der Waals surface area contributed by atoms with Crippen LogP contribution in [0.25, 0.3) is 0 Å². The molecule has 0 saturated heterocycles. The molecule has 32 heavy (non-hydrogen) atoms. The van der Waals surface area contributed by atoms with Gasteiger partial charge in [0.25, 0.3) is 0 Å². The van der Waals surface area contributed by atoms with E-state index in [1.165, 1.54) is 30.3 Å². The maximum absolute atomic E-state index is 14.0. The highest BCUT2D eigenvalue weighted by Gasteiger charge is 2.27. The maximum Gasteiger partial charge on any atom is 0.242 e. The molecule has 2 N–H and O–H groups in total.